The molecular weight excluding hydrogens is 274 g/mol. The third kappa shape index (κ3) is 2.29. The van der Waals surface area contributed by atoms with Gasteiger partial charge in [0.15, 0.2) is 0 Å². The van der Waals surface area contributed by atoms with Gasteiger partial charge in [0.05, 0.1) is 6.61 Å². The molecule has 0 bridgehead atoms. The fraction of sp³-hybridized carbons (Fsp3) is 0.200. The number of benzene rings is 1. The molecule has 3 N–H and O–H groups in total. The van der Waals surface area contributed by atoms with Gasteiger partial charge in [-0.2, -0.15) is 4.98 Å². The third-order valence-corrected chi connectivity index (χ3v) is 2.53. The van der Waals surface area contributed by atoms with E-state index in [4.69, 9.17) is 15.4 Å². The van der Waals surface area contributed by atoms with E-state index >= 15 is 0 Å². The van der Waals surface area contributed by atoms with Crippen molar-refractivity contribution in [1.82, 2.24) is 10.1 Å². The van der Waals surface area contributed by atoms with Crippen LogP contribution in [0.3, 0.4) is 0 Å². The maximum Gasteiger partial charge on any atom is 0.246 e. The first-order chi connectivity index (χ1) is 7.70. The van der Waals surface area contributed by atoms with Crippen LogP contribution in [-0.4, -0.2) is 21.9 Å². The lowest BCUT2D eigenvalue weighted by Crippen LogP contribution is -2.14. The highest BCUT2D eigenvalue weighted by atomic mass is 79.9. The molecule has 0 aliphatic carbocycles. The fourth-order valence-corrected chi connectivity index (χ4v) is 1.61. The summed E-state index contributed by atoms with van der Waals surface area (Å²) in [7, 11) is 0. The Kier molecular flexibility index (Phi) is 3.33. The van der Waals surface area contributed by atoms with Crippen molar-refractivity contribution in [2.45, 2.75) is 6.04 Å². The van der Waals surface area contributed by atoms with Crippen LogP contribution in [0.2, 0.25) is 0 Å². The van der Waals surface area contributed by atoms with Crippen LogP contribution in [0.15, 0.2) is 33.3 Å². The van der Waals surface area contributed by atoms with Crippen molar-refractivity contribution >= 4 is 15.9 Å². The van der Waals surface area contributed by atoms with Crippen LogP contribution in [0.1, 0.15) is 11.9 Å². The molecule has 1 unspecified atom stereocenters. The first-order valence-corrected chi connectivity index (χ1v) is 5.46. The van der Waals surface area contributed by atoms with E-state index in [2.05, 4.69) is 26.1 Å². The summed E-state index contributed by atoms with van der Waals surface area (Å²) >= 11 is 3.36. The number of aliphatic hydroxyl groups excluding tert-OH is 1. The summed E-state index contributed by atoms with van der Waals surface area (Å²) in [6.07, 6.45) is 0. The van der Waals surface area contributed by atoms with Gasteiger partial charge in [-0.1, -0.05) is 33.2 Å². The predicted octanol–water partition coefficient (Wildman–Crippen LogP) is 1.49. The van der Waals surface area contributed by atoms with E-state index in [1.54, 1.807) is 0 Å². The van der Waals surface area contributed by atoms with Gasteiger partial charge in [-0.05, 0) is 12.1 Å². The topological polar surface area (TPSA) is 85.2 Å². The van der Waals surface area contributed by atoms with Gasteiger partial charge in [0, 0.05) is 10.0 Å². The summed E-state index contributed by atoms with van der Waals surface area (Å²) in [4.78, 5) is 4.11. The molecular formula is C10H10BrN3O2. The molecule has 0 spiro atoms. The van der Waals surface area contributed by atoms with Crippen molar-refractivity contribution in [1.29, 1.82) is 0 Å². The normalized spacial score (nSPS) is 12.7. The molecule has 2 aromatic rings. The second kappa shape index (κ2) is 4.73. The molecule has 1 aromatic heterocycles. The number of nitrogens with two attached hydrogens (primary N) is 1. The van der Waals surface area contributed by atoms with Crippen molar-refractivity contribution in [2.75, 3.05) is 6.61 Å². The Morgan fingerprint density at radius 2 is 2.31 bits per heavy atom. The Balaban J connectivity index is 2.31. The zero-order valence-corrected chi connectivity index (χ0v) is 9.89. The molecule has 84 valence electrons. The standard InChI is InChI=1S/C10H10BrN3O2/c11-7-3-1-2-6(4-7)9-13-10(16-14-9)8(12)5-15/h1-4,8,15H,5,12H2. The second-order valence-corrected chi connectivity index (χ2v) is 4.17. The van der Waals surface area contributed by atoms with Crippen molar-refractivity contribution in [3.05, 3.63) is 34.6 Å². The van der Waals surface area contributed by atoms with Crippen LogP contribution in [0.25, 0.3) is 11.4 Å². The lowest BCUT2D eigenvalue weighted by molar-refractivity contribution is 0.237. The number of aliphatic hydroxyl groups is 1. The fourth-order valence-electron chi connectivity index (χ4n) is 1.21. The van der Waals surface area contributed by atoms with E-state index in [9.17, 15) is 0 Å². The molecule has 1 aromatic carbocycles. The molecule has 2 rings (SSSR count). The third-order valence-electron chi connectivity index (χ3n) is 2.04. The molecule has 0 fully saturated rings. The van der Waals surface area contributed by atoms with Crippen LogP contribution >= 0.6 is 15.9 Å². The molecule has 0 aliphatic rings. The van der Waals surface area contributed by atoms with Crippen molar-refractivity contribution in [3.8, 4) is 11.4 Å². The summed E-state index contributed by atoms with van der Waals surface area (Å²) in [5.41, 5.74) is 6.39. The monoisotopic (exact) mass is 283 g/mol. The van der Waals surface area contributed by atoms with E-state index in [0.29, 0.717) is 5.82 Å². The maximum atomic E-state index is 8.85. The summed E-state index contributed by atoms with van der Waals surface area (Å²) in [6.45, 7) is -0.222. The smallest absolute Gasteiger partial charge is 0.246 e. The first-order valence-electron chi connectivity index (χ1n) is 4.66. The maximum absolute atomic E-state index is 8.85. The highest BCUT2D eigenvalue weighted by molar-refractivity contribution is 9.10. The molecule has 1 heterocycles. The van der Waals surface area contributed by atoms with E-state index in [1.165, 1.54) is 0 Å². The van der Waals surface area contributed by atoms with Gasteiger partial charge in [-0.25, -0.2) is 0 Å². The van der Waals surface area contributed by atoms with Crippen LogP contribution in [0.5, 0.6) is 0 Å². The lowest BCUT2D eigenvalue weighted by Gasteiger charge is -1.98. The molecule has 6 heteroatoms. The Morgan fingerprint density at radius 1 is 1.50 bits per heavy atom. The van der Waals surface area contributed by atoms with E-state index in [0.717, 1.165) is 10.0 Å². The molecule has 0 saturated carbocycles. The number of hydrogen-bond acceptors (Lipinski definition) is 5. The Morgan fingerprint density at radius 3 is 3.00 bits per heavy atom. The van der Waals surface area contributed by atoms with Crippen LogP contribution in [0.4, 0.5) is 0 Å². The molecule has 16 heavy (non-hydrogen) atoms. The Hall–Kier alpha value is -1.24. The minimum absolute atomic E-state index is 0.222. The van der Waals surface area contributed by atoms with Gasteiger partial charge < -0.3 is 15.4 Å². The van der Waals surface area contributed by atoms with Gasteiger partial charge in [0.25, 0.3) is 0 Å². The molecule has 0 saturated heterocycles. The average molecular weight is 284 g/mol. The zero-order valence-electron chi connectivity index (χ0n) is 8.30. The summed E-state index contributed by atoms with van der Waals surface area (Å²) < 4.78 is 5.88. The van der Waals surface area contributed by atoms with Crippen LogP contribution in [0, 0.1) is 0 Å². The predicted molar refractivity (Wildman–Crippen MR) is 61.4 cm³/mol. The minimum Gasteiger partial charge on any atom is -0.394 e. The van der Waals surface area contributed by atoms with Crippen molar-refractivity contribution < 1.29 is 9.63 Å². The number of rotatable bonds is 3. The molecule has 5 nitrogen and oxygen atoms in total. The number of hydrogen-bond donors (Lipinski definition) is 2. The average Bonchev–Trinajstić information content (AvgIpc) is 2.77. The highest BCUT2D eigenvalue weighted by Crippen LogP contribution is 2.21. The second-order valence-electron chi connectivity index (χ2n) is 3.26. The summed E-state index contributed by atoms with van der Waals surface area (Å²) in [5, 5.41) is 12.7. The molecule has 0 amide bonds. The van der Waals surface area contributed by atoms with Gasteiger partial charge in [-0.3, -0.25) is 0 Å². The van der Waals surface area contributed by atoms with E-state index < -0.39 is 6.04 Å². The molecule has 1 atom stereocenters. The molecule has 0 radical (unpaired) electrons. The lowest BCUT2D eigenvalue weighted by atomic mass is 10.2. The number of aromatic nitrogens is 2. The van der Waals surface area contributed by atoms with Crippen molar-refractivity contribution in [3.63, 3.8) is 0 Å². The minimum atomic E-state index is -0.631. The first kappa shape index (κ1) is 11.3. The van der Waals surface area contributed by atoms with Crippen LogP contribution in [-0.2, 0) is 0 Å². The zero-order chi connectivity index (χ0) is 11.5. The molecule has 0 aliphatic heterocycles. The van der Waals surface area contributed by atoms with Crippen LogP contribution < -0.4 is 5.73 Å². The van der Waals surface area contributed by atoms with E-state index in [-0.39, 0.29) is 12.5 Å². The van der Waals surface area contributed by atoms with Gasteiger partial charge >= 0.3 is 0 Å². The van der Waals surface area contributed by atoms with Gasteiger partial charge in [0.2, 0.25) is 11.7 Å². The summed E-state index contributed by atoms with van der Waals surface area (Å²) in [6, 6.07) is 6.89. The number of halogens is 1. The number of nitrogens with zero attached hydrogens (tertiary/aromatic N) is 2. The Bertz CT molecular complexity index is 486. The van der Waals surface area contributed by atoms with Crippen molar-refractivity contribution in [2.24, 2.45) is 5.73 Å². The van der Waals surface area contributed by atoms with Gasteiger partial charge in [0.1, 0.15) is 6.04 Å². The quantitative estimate of drug-likeness (QED) is 0.892. The largest absolute Gasteiger partial charge is 0.394 e. The highest BCUT2D eigenvalue weighted by Gasteiger charge is 2.14. The van der Waals surface area contributed by atoms with E-state index in [1.807, 2.05) is 24.3 Å². The SMILES string of the molecule is NC(CO)c1nc(-c2cccc(Br)c2)no1. The summed E-state index contributed by atoms with van der Waals surface area (Å²) in [5.74, 6) is 0.692. The Labute approximate surface area is 100 Å². The van der Waals surface area contributed by atoms with Gasteiger partial charge in [-0.15, -0.1) is 0 Å².